The third-order valence-electron chi connectivity index (χ3n) is 4.05. The minimum absolute atomic E-state index is 0.185. The summed E-state index contributed by atoms with van der Waals surface area (Å²) in [4.78, 5) is 19.5. The first-order valence-corrected chi connectivity index (χ1v) is 8.66. The van der Waals surface area contributed by atoms with E-state index in [0.717, 1.165) is 21.6 Å². The predicted octanol–water partition coefficient (Wildman–Crippen LogP) is 3.93. The van der Waals surface area contributed by atoms with Gasteiger partial charge in [0.2, 0.25) is 11.7 Å². The van der Waals surface area contributed by atoms with Gasteiger partial charge in [-0.1, -0.05) is 5.16 Å². The second-order valence-electron chi connectivity index (χ2n) is 5.75. The summed E-state index contributed by atoms with van der Waals surface area (Å²) < 4.78 is 5.41. The van der Waals surface area contributed by atoms with Crippen LogP contribution in [0, 0.1) is 13.8 Å². The first-order valence-electron chi connectivity index (χ1n) is 7.84. The van der Waals surface area contributed by atoms with Crippen molar-refractivity contribution in [2.75, 3.05) is 5.32 Å². The highest BCUT2D eigenvalue weighted by atomic mass is 32.1. The fourth-order valence-electron chi connectivity index (χ4n) is 2.58. The molecule has 4 rings (SSSR count). The van der Waals surface area contributed by atoms with E-state index in [1.807, 2.05) is 19.1 Å². The van der Waals surface area contributed by atoms with Gasteiger partial charge < -0.3 is 9.84 Å². The molecule has 1 unspecified atom stereocenters. The summed E-state index contributed by atoms with van der Waals surface area (Å²) in [6.07, 6.45) is 4.99. The van der Waals surface area contributed by atoms with Crippen molar-refractivity contribution in [3.05, 3.63) is 47.2 Å². The number of hydrogen-bond donors (Lipinski definition) is 1. The van der Waals surface area contributed by atoms with Crippen molar-refractivity contribution in [3.63, 3.8) is 0 Å². The van der Waals surface area contributed by atoms with Gasteiger partial charge in [0, 0.05) is 22.8 Å². The van der Waals surface area contributed by atoms with Gasteiger partial charge in [0.25, 0.3) is 0 Å². The van der Waals surface area contributed by atoms with Crippen LogP contribution in [0.3, 0.4) is 0 Å². The van der Waals surface area contributed by atoms with Crippen LogP contribution in [-0.4, -0.2) is 25.1 Å². The van der Waals surface area contributed by atoms with Crippen molar-refractivity contribution < 1.29 is 4.52 Å². The Hall–Kier alpha value is -2.87. The van der Waals surface area contributed by atoms with Crippen molar-refractivity contribution in [1.29, 1.82) is 0 Å². The third kappa shape index (κ3) is 2.85. The van der Waals surface area contributed by atoms with Crippen molar-refractivity contribution in [1.82, 2.24) is 25.1 Å². The molecule has 0 aromatic carbocycles. The normalized spacial score (nSPS) is 12.4. The maximum Gasteiger partial charge on any atom is 0.249 e. The molecule has 0 aliphatic carbocycles. The van der Waals surface area contributed by atoms with Crippen molar-refractivity contribution in [2.24, 2.45) is 0 Å². The molecule has 4 aromatic rings. The van der Waals surface area contributed by atoms with E-state index in [0.29, 0.717) is 11.7 Å². The molecular weight excluding hydrogens is 336 g/mol. The van der Waals surface area contributed by atoms with E-state index in [4.69, 9.17) is 4.52 Å². The lowest BCUT2D eigenvalue weighted by molar-refractivity contribution is 0.368. The average Bonchev–Trinajstić information content (AvgIpc) is 3.22. The van der Waals surface area contributed by atoms with Crippen molar-refractivity contribution in [2.45, 2.75) is 26.8 Å². The van der Waals surface area contributed by atoms with Crippen LogP contribution in [0.25, 0.3) is 21.6 Å². The number of thiophene rings is 1. The highest BCUT2D eigenvalue weighted by Crippen LogP contribution is 2.33. The summed E-state index contributed by atoms with van der Waals surface area (Å²) in [5.41, 5.74) is 2.01. The molecule has 8 heteroatoms. The Bertz CT molecular complexity index is 1030. The zero-order valence-electron chi connectivity index (χ0n) is 14.0. The molecule has 0 radical (unpaired) electrons. The minimum Gasteiger partial charge on any atom is -0.358 e. The molecule has 126 valence electrons. The number of nitrogens with zero attached hydrogens (tertiary/aromatic N) is 5. The molecule has 0 amide bonds. The van der Waals surface area contributed by atoms with Crippen molar-refractivity contribution >= 4 is 27.4 Å². The smallest absolute Gasteiger partial charge is 0.249 e. The monoisotopic (exact) mass is 352 g/mol. The Kier molecular flexibility index (Phi) is 3.89. The van der Waals surface area contributed by atoms with Crippen LogP contribution >= 0.6 is 11.3 Å². The standard InChI is InChI=1S/C17H16N6OS/c1-9-11(3)25-17-13(9)15(19-8-20-17)21-10(2)16-22-14(23-24-16)12-5-4-6-18-7-12/h4-8,10H,1-3H3,(H,19,20,21). The molecule has 1 N–H and O–H groups in total. The highest BCUT2D eigenvalue weighted by molar-refractivity contribution is 7.18. The molecule has 25 heavy (non-hydrogen) atoms. The summed E-state index contributed by atoms with van der Waals surface area (Å²) in [6.45, 7) is 6.14. The van der Waals surface area contributed by atoms with Gasteiger partial charge in [0.15, 0.2) is 0 Å². The van der Waals surface area contributed by atoms with Gasteiger partial charge in [-0.3, -0.25) is 4.98 Å². The van der Waals surface area contributed by atoms with Gasteiger partial charge in [0.05, 0.1) is 5.39 Å². The quantitative estimate of drug-likeness (QED) is 0.595. The van der Waals surface area contributed by atoms with Crippen LogP contribution in [0.2, 0.25) is 0 Å². The lowest BCUT2D eigenvalue weighted by Gasteiger charge is -2.11. The fourth-order valence-corrected chi connectivity index (χ4v) is 3.58. The van der Waals surface area contributed by atoms with Gasteiger partial charge >= 0.3 is 0 Å². The molecular formula is C17H16N6OS. The Morgan fingerprint density at radius 3 is 2.92 bits per heavy atom. The van der Waals surface area contributed by atoms with Crippen molar-refractivity contribution in [3.8, 4) is 11.4 Å². The minimum atomic E-state index is -0.185. The molecule has 0 saturated heterocycles. The van der Waals surface area contributed by atoms with Gasteiger partial charge in [-0.15, -0.1) is 11.3 Å². The highest BCUT2D eigenvalue weighted by Gasteiger charge is 2.18. The Morgan fingerprint density at radius 1 is 1.24 bits per heavy atom. The van der Waals surface area contributed by atoms with E-state index >= 15 is 0 Å². The number of rotatable bonds is 4. The summed E-state index contributed by atoms with van der Waals surface area (Å²) in [7, 11) is 0. The first-order chi connectivity index (χ1) is 12.1. The van der Waals surface area contributed by atoms with E-state index in [-0.39, 0.29) is 6.04 Å². The van der Waals surface area contributed by atoms with Crippen LogP contribution < -0.4 is 5.32 Å². The maximum absolute atomic E-state index is 5.41. The van der Waals surface area contributed by atoms with E-state index < -0.39 is 0 Å². The van der Waals surface area contributed by atoms with Gasteiger partial charge in [-0.2, -0.15) is 4.98 Å². The van der Waals surface area contributed by atoms with Crippen LogP contribution in [0.1, 0.15) is 29.3 Å². The first kappa shape index (κ1) is 15.6. The third-order valence-corrected chi connectivity index (χ3v) is 5.17. The molecule has 4 aromatic heterocycles. The predicted molar refractivity (Wildman–Crippen MR) is 96.5 cm³/mol. The number of anilines is 1. The topological polar surface area (TPSA) is 89.6 Å². The number of nitrogens with one attached hydrogen (secondary N) is 1. The van der Waals surface area contributed by atoms with Crippen LogP contribution in [0.15, 0.2) is 35.4 Å². The lowest BCUT2D eigenvalue weighted by atomic mass is 10.2. The molecule has 4 heterocycles. The van der Waals surface area contributed by atoms with E-state index in [9.17, 15) is 0 Å². The van der Waals surface area contributed by atoms with Crippen LogP contribution in [0.4, 0.5) is 5.82 Å². The Balaban J connectivity index is 1.63. The number of fused-ring (bicyclic) bond motifs is 1. The summed E-state index contributed by atoms with van der Waals surface area (Å²) >= 11 is 1.67. The van der Waals surface area contributed by atoms with Gasteiger partial charge in [-0.05, 0) is 38.5 Å². The Labute approximate surface area is 148 Å². The molecule has 0 aliphatic heterocycles. The number of pyridine rings is 1. The molecule has 1 atom stereocenters. The summed E-state index contributed by atoms with van der Waals surface area (Å²) in [6, 6.07) is 3.55. The lowest BCUT2D eigenvalue weighted by Crippen LogP contribution is -2.09. The summed E-state index contributed by atoms with van der Waals surface area (Å²) in [5.74, 6) is 1.79. The molecule has 0 bridgehead atoms. The zero-order chi connectivity index (χ0) is 17.4. The van der Waals surface area contributed by atoms with Gasteiger partial charge in [-0.25, -0.2) is 9.97 Å². The second kappa shape index (κ2) is 6.21. The SMILES string of the molecule is Cc1sc2ncnc(NC(C)c3nc(-c4cccnc4)no3)c2c1C. The van der Waals surface area contributed by atoms with E-state index in [1.54, 1.807) is 30.1 Å². The van der Waals surface area contributed by atoms with Crippen LogP contribution in [0.5, 0.6) is 0 Å². The number of aromatic nitrogens is 5. The zero-order valence-corrected chi connectivity index (χ0v) is 14.8. The summed E-state index contributed by atoms with van der Waals surface area (Å²) in [5, 5.41) is 8.45. The van der Waals surface area contributed by atoms with E-state index in [1.165, 1.54) is 10.4 Å². The number of hydrogen-bond acceptors (Lipinski definition) is 8. The molecule has 0 aliphatic rings. The van der Waals surface area contributed by atoms with E-state index in [2.05, 4.69) is 44.3 Å². The molecule has 0 spiro atoms. The fraction of sp³-hybridized carbons (Fsp3) is 0.235. The number of aryl methyl sites for hydroxylation is 2. The van der Waals surface area contributed by atoms with Crippen LogP contribution in [-0.2, 0) is 0 Å². The second-order valence-corrected chi connectivity index (χ2v) is 6.95. The maximum atomic E-state index is 5.41. The largest absolute Gasteiger partial charge is 0.358 e. The van der Waals surface area contributed by atoms with Gasteiger partial charge in [0.1, 0.15) is 23.0 Å². The molecule has 0 saturated carbocycles. The molecule has 7 nitrogen and oxygen atoms in total. The average molecular weight is 352 g/mol. The Morgan fingerprint density at radius 2 is 2.12 bits per heavy atom. The molecule has 0 fully saturated rings.